The predicted molar refractivity (Wildman–Crippen MR) is 136 cm³/mol. The van der Waals surface area contributed by atoms with E-state index in [1.165, 1.54) is 5.69 Å². The fraction of sp³-hybridized carbons (Fsp3) is 0.545. The van der Waals surface area contributed by atoms with Gasteiger partial charge in [0, 0.05) is 45.5 Å². The van der Waals surface area contributed by atoms with E-state index in [2.05, 4.69) is 42.5 Å². The van der Waals surface area contributed by atoms with Crippen LogP contribution < -0.4 is 20.3 Å². The molecule has 1 aromatic carbocycles. The SMILES string of the molecule is CN=C(NCCCN1CCN(c2ccc(OC)cc2)CC1)NCc1nc(C)c(C)o1.I. The van der Waals surface area contributed by atoms with Gasteiger partial charge in [-0.1, -0.05) is 0 Å². The zero-order valence-corrected chi connectivity index (χ0v) is 21.3. The normalized spacial score (nSPS) is 14.8. The maximum atomic E-state index is 5.59. The van der Waals surface area contributed by atoms with E-state index in [1.54, 1.807) is 14.2 Å². The molecule has 0 spiro atoms. The van der Waals surface area contributed by atoms with Crippen molar-refractivity contribution in [2.75, 3.05) is 58.3 Å². The fourth-order valence-corrected chi connectivity index (χ4v) is 3.53. The van der Waals surface area contributed by atoms with Crippen LogP contribution in [0.15, 0.2) is 33.7 Å². The summed E-state index contributed by atoms with van der Waals surface area (Å²) in [4.78, 5) is 13.6. The van der Waals surface area contributed by atoms with Gasteiger partial charge < -0.3 is 24.7 Å². The number of oxazole rings is 1. The van der Waals surface area contributed by atoms with Crippen LogP contribution in [0.2, 0.25) is 0 Å². The monoisotopic (exact) mass is 542 g/mol. The Hall–Kier alpha value is -2.01. The van der Waals surface area contributed by atoms with E-state index in [-0.39, 0.29) is 24.0 Å². The van der Waals surface area contributed by atoms with E-state index in [4.69, 9.17) is 9.15 Å². The van der Waals surface area contributed by atoms with Crippen LogP contribution in [0.1, 0.15) is 23.8 Å². The average Bonchev–Trinajstić information content (AvgIpc) is 3.11. The van der Waals surface area contributed by atoms with Gasteiger partial charge in [-0.3, -0.25) is 9.89 Å². The lowest BCUT2D eigenvalue weighted by atomic mass is 10.2. The number of aliphatic imine (C=N–C) groups is 1. The predicted octanol–water partition coefficient (Wildman–Crippen LogP) is 2.80. The number of aromatic nitrogens is 1. The number of anilines is 1. The van der Waals surface area contributed by atoms with Crippen molar-refractivity contribution in [3.63, 3.8) is 0 Å². The van der Waals surface area contributed by atoms with Crippen LogP contribution in [-0.4, -0.2) is 69.3 Å². The van der Waals surface area contributed by atoms with Crippen molar-refractivity contribution in [2.24, 2.45) is 4.99 Å². The van der Waals surface area contributed by atoms with Gasteiger partial charge in [0.2, 0.25) is 5.89 Å². The Bertz CT molecular complexity index is 796. The first kappa shape index (κ1) is 25.3. The average molecular weight is 542 g/mol. The first-order valence-corrected chi connectivity index (χ1v) is 10.6. The molecule has 2 heterocycles. The minimum Gasteiger partial charge on any atom is -0.497 e. The number of rotatable bonds is 8. The number of hydrogen-bond acceptors (Lipinski definition) is 6. The van der Waals surface area contributed by atoms with Crippen LogP contribution in [0.25, 0.3) is 0 Å². The van der Waals surface area contributed by atoms with Crippen molar-refractivity contribution in [1.82, 2.24) is 20.5 Å². The smallest absolute Gasteiger partial charge is 0.214 e. The summed E-state index contributed by atoms with van der Waals surface area (Å²) in [6.07, 6.45) is 1.07. The van der Waals surface area contributed by atoms with Gasteiger partial charge >= 0.3 is 0 Å². The van der Waals surface area contributed by atoms with Crippen LogP contribution in [0.4, 0.5) is 5.69 Å². The summed E-state index contributed by atoms with van der Waals surface area (Å²) in [5.74, 6) is 3.22. The van der Waals surface area contributed by atoms with Crippen molar-refractivity contribution < 1.29 is 9.15 Å². The third kappa shape index (κ3) is 7.57. The standard InChI is InChI=1S/C22H34N6O2.HI/c1-17-18(2)30-21(26-17)16-25-22(23-3)24-10-5-11-27-12-14-28(15-13-27)19-6-8-20(29-4)9-7-19;/h6-9H,5,10-16H2,1-4H3,(H2,23,24,25);1H. The maximum Gasteiger partial charge on any atom is 0.214 e. The first-order valence-electron chi connectivity index (χ1n) is 10.6. The van der Waals surface area contributed by atoms with E-state index >= 15 is 0 Å². The molecule has 1 fully saturated rings. The molecule has 1 aliphatic rings. The largest absolute Gasteiger partial charge is 0.497 e. The van der Waals surface area contributed by atoms with E-state index in [9.17, 15) is 0 Å². The van der Waals surface area contributed by atoms with Crippen molar-refractivity contribution in [1.29, 1.82) is 0 Å². The zero-order valence-electron chi connectivity index (χ0n) is 19.0. The number of hydrogen-bond donors (Lipinski definition) is 2. The second kappa shape index (κ2) is 12.7. The molecule has 0 atom stereocenters. The van der Waals surface area contributed by atoms with Gasteiger partial charge in [-0.25, -0.2) is 4.98 Å². The number of ether oxygens (including phenoxy) is 1. The number of nitrogens with one attached hydrogen (secondary N) is 2. The Balaban J connectivity index is 0.00000341. The number of halogens is 1. The molecule has 2 aromatic rings. The topological polar surface area (TPSA) is 78.2 Å². The van der Waals surface area contributed by atoms with E-state index in [1.807, 2.05) is 26.0 Å². The number of benzene rings is 1. The summed E-state index contributed by atoms with van der Waals surface area (Å²) >= 11 is 0. The summed E-state index contributed by atoms with van der Waals surface area (Å²) in [7, 11) is 3.48. The highest BCUT2D eigenvalue weighted by molar-refractivity contribution is 14.0. The highest BCUT2D eigenvalue weighted by atomic mass is 127. The van der Waals surface area contributed by atoms with E-state index in [0.29, 0.717) is 12.4 Å². The van der Waals surface area contributed by atoms with Gasteiger partial charge in [-0.2, -0.15) is 0 Å². The van der Waals surface area contributed by atoms with E-state index in [0.717, 1.165) is 68.9 Å². The Morgan fingerprint density at radius 1 is 1.13 bits per heavy atom. The fourth-order valence-electron chi connectivity index (χ4n) is 3.53. The summed E-state index contributed by atoms with van der Waals surface area (Å²) in [6.45, 7) is 10.6. The van der Waals surface area contributed by atoms with Gasteiger partial charge in [0.15, 0.2) is 5.96 Å². The second-order valence-corrected chi connectivity index (χ2v) is 7.48. The Kier molecular flexibility index (Phi) is 10.4. The molecule has 172 valence electrons. The molecule has 2 N–H and O–H groups in total. The van der Waals surface area contributed by atoms with Gasteiger partial charge in [-0.05, 0) is 51.1 Å². The lowest BCUT2D eigenvalue weighted by Crippen LogP contribution is -2.47. The molecule has 0 saturated carbocycles. The van der Waals surface area contributed by atoms with Crippen molar-refractivity contribution in [3.8, 4) is 5.75 Å². The van der Waals surface area contributed by atoms with Crippen molar-refractivity contribution >= 4 is 35.6 Å². The summed E-state index contributed by atoms with van der Waals surface area (Å²) in [5.41, 5.74) is 2.20. The molecule has 0 bridgehead atoms. The summed E-state index contributed by atoms with van der Waals surface area (Å²) in [5, 5.41) is 6.62. The first-order chi connectivity index (χ1) is 14.6. The van der Waals surface area contributed by atoms with Gasteiger partial charge in [-0.15, -0.1) is 24.0 Å². The Morgan fingerprint density at radius 3 is 2.42 bits per heavy atom. The van der Waals surface area contributed by atoms with Crippen LogP contribution in [0.3, 0.4) is 0 Å². The van der Waals surface area contributed by atoms with Crippen LogP contribution in [0, 0.1) is 13.8 Å². The minimum atomic E-state index is 0. The third-order valence-corrected chi connectivity index (χ3v) is 5.46. The molecule has 0 amide bonds. The zero-order chi connectivity index (χ0) is 21.3. The Labute approximate surface area is 202 Å². The number of guanidine groups is 1. The van der Waals surface area contributed by atoms with E-state index < -0.39 is 0 Å². The van der Waals surface area contributed by atoms with Gasteiger partial charge in [0.1, 0.15) is 11.5 Å². The minimum absolute atomic E-state index is 0. The lowest BCUT2D eigenvalue weighted by molar-refractivity contribution is 0.255. The molecule has 9 heteroatoms. The summed E-state index contributed by atoms with van der Waals surface area (Å²) < 4.78 is 10.8. The quantitative estimate of drug-likeness (QED) is 0.230. The third-order valence-electron chi connectivity index (χ3n) is 5.46. The van der Waals surface area contributed by atoms with Crippen LogP contribution >= 0.6 is 24.0 Å². The molecule has 0 aliphatic carbocycles. The van der Waals surface area contributed by atoms with Crippen molar-refractivity contribution in [3.05, 3.63) is 41.6 Å². The molecule has 1 aliphatic heterocycles. The van der Waals surface area contributed by atoms with Gasteiger partial charge in [0.05, 0.1) is 19.3 Å². The molecule has 0 unspecified atom stereocenters. The second-order valence-electron chi connectivity index (χ2n) is 7.48. The molecule has 1 aromatic heterocycles. The number of methoxy groups -OCH3 is 1. The number of nitrogens with zero attached hydrogens (tertiary/aromatic N) is 4. The Morgan fingerprint density at radius 2 is 1.84 bits per heavy atom. The molecule has 31 heavy (non-hydrogen) atoms. The van der Waals surface area contributed by atoms with Crippen LogP contribution in [0.5, 0.6) is 5.75 Å². The molecule has 8 nitrogen and oxygen atoms in total. The number of piperazine rings is 1. The molecule has 0 radical (unpaired) electrons. The molecule has 3 rings (SSSR count). The highest BCUT2D eigenvalue weighted by Gasteiger charge is 2.16. The van der Waals surface area contributed by atoms with Crippen molar-refractivity contribution in [2.45, 2.75) is 26.8 Å². The highest BCUT2D eigenvalue weighted by Crippen LogP contribution is 2.20. The summed E-state index contributed by atoms with van der Waals surface area (Å²) in [6, 6.07) is 8.33. The van der Waals surface area contributed by atoms with Gasteiger partial charge in [0.25, 0.3) is 0 Å². The lowest BCUT2D eigenvalue weighted by Gasteiger charge is -2.36. The number of aryl methyl sites for hydroxylation is 2. The molecular formula is C22H35IN6O2. The maximum absolute atomic E-state index is 5.59. The molecular weight excluding hydrogens is 507 g/mol. The van der Waals surface area contributed by atoms with Crippen LogP contribution in [-0.2, 0) is 6.54 Å². The molecule has 1 saturated heterocycles.